The third-order valence-corrected chi connectivity index (χ3v) is 7.04. The molecular weight excluding hydrogens is 340 g/mol. The lowest BCUT2D eigenvalue weighted by molar-refractivity contribution is -0.123. The van der Waals surface area contributed by atoms with E-state index in [4.69, 9.17) is 0 Å². The second-order valence-electron chi connectivity index (χ2n) is 7.46. The van der Waals surface area contributed by atoms with Crippen LogP contribution in [0.1, 0.15) is 50.4 Å². The Kier molecular flexibility index (Phi) is 4.39. The van der Waals surface area contributed by atoms with E-state index < -0.39 is 21.3 Å². The van der Waals surface area contributed by atoms with Crippen molar-refractivity contribution in [3.8, 4) is 0 Å². The predicted octanol–water partition coefficient (Wildman–Crippen LogP) is 2.40. The van der Waals surface area contributed by atoms with Gasteiger partial charge in [0, 0.05) is 18.2 Å². The Balaban J connectivity index is 1.95. The number of sulfonamides is 1. The first-order valence-corrected chi connectivity index (χ1v) is 10.3. The second-order valence-corrected chi connectivity index (χ2v) is 9.28. The van der Waals surface area contributed by atoms with Crippen molar-refractivity contribution < 1.29 is 18.0 Å². The summed E-state index contributed by atoms with van der Waals surface area (Å²) in [5.41, 5.74) is -0.291. The highest BCUT2D eigenvalue weighted by molar-refractivity contribution is 7.94. The van der Waals surface area contributed by atoms with E-state index in [0.717, 1.165) is 30.1 Å². The molecule has 0 radical (unpaired) electrons. The molecule has 25 heavy (non-hydrogen) atoms. The molecule has 1 atom stereocenters. The van der Waals surface area contributed by atoms with Crippen molar-refractivity contribution >= 4 is 27.5 Å². The van der Waals surface area contributed by atoms with E-state index in [1.807, 2.05) is 4.90 Å². The van der Waals surface area contributed by atoms with Crippen LogP contribution in [0.2, 0.25) is 0 Å². The van der Waals surface area contributed by atoms with Gasteiger partial charge in [0.15, 0.2) is 0 Å². The fourth-order valence-electron chi connectivity index (χ4n) is 3.72. The van der Waals surface area contributed by atoms with Gasteiger partial charge in [0.2, 0.25) is 15.9 Å². The number of carbonyl (C=O) groups excluding carboxylic acids is 2. The summed E-state index contributed by atoms with van der Waals surface area (Å²) >= 11 is 0. The van der Waals surface area contributed by atoms with Gasteiger partial charge in [0.05, 0.1) is 16.9 Å². The number of hydrogen-bond donors (Lipinski definition) is 0. The topological polar surface area (TPSA) is 74.8 Å². The summed E-state index contributed by atoms with van der Waals surface area (Å²) in [7, 11) is -3.71. The van der Waals surface area contributed by atoms with Gasteiger partial charge in [-0.1, -0.05) is 13.0 Å². The minimum Gasteiger partial charge on any atom is -0.336 e. The van der Waals surface area contributed by atoms with Crippen LogP contribution in [-0.4, -0.2) is 43.5 Å². The molecule has 0 bridgehead atoms. The molecule has 6 nitrogen and oxygen atoms in total. The molecule has 2 heterocycles. The van der Waals surface area contributed by atoms with Crippen molar-refractivity contribution in [3.05, 3.63) is 29.8 Å². The maximum atomic E-state index is 12.8. The first kappa shape index (κ1) is 17.9. The van der Waals surface area contributed by atoms with Crippen LogP contribution < -0.4 is 4.31 Å². The zero-order chi connectivity index (χ0) is 18.4. The number of nitrogens with zero attached hydrogens (tertiary/aromatic N) is 2. The highest BCUT2D eigenvalue weighted by Gasteiger charge is 2.50. The summed E-state index contributed by atoms with van der Waals surface area (Å²) in [6.07, 6.45) is 2.88. The van der Waals surface area contributed by atoms with Crippen molar-refractivity contribution in [2.24, 2.45) is 5.41 Å². The molecule has 136 valence electrons. The maximum Gasteiger partial charge on any atom is 0.254 e. The standard InChI is InChI=1S/C18H24N2O4S/c1-4-14-9-6-10-19(14)16(21)13-7-5-8-15(11-13)20-17(22)18(2,3)12-25(20,23)24/h5,7-8,11,14H,4,6,9-10,12H2,1-3H3. The van der Waals surface area contributed by atoms with Gasteiger partial charge in [-0.3, -0.25) is 9.59 Å². The average molecular weight is 364 g/mol. The normalized spacial score (nSPS) is 24.8. The lowest BCUT2D eigenvalue weighted by atomic mass is 9.95. The van der Waals surface area contributed by atoms with E-state index in [1.54, 1.807) is 32.0 Å². The van der Waals surface area contributed by atoms with Gasteiger partial charge in [-0.2, -0.15) is 0 Å². The molecule has 2 aliphatic heterocycles. The molecule has 2 amide bonds. The van der Waals surface area contributed by atoms with Crippen molar-refractivity contribution in [1.82, 2.24) is 4.90 Å². The van der Waals surface area contributed by atoms with Crippen LogP contribution in [0, 0.1) is 5.41 Å². The molecule has 0 spiro atoms. The molecule has 1 unspecified atom stereocenters. The van der Waals surface area contributed by atoms with E-state index in [9.17, 15) is 18.0 Å². The first-order chi connectivity index (χ1) is 11.7. The Morgan fingerprint density at radius 3 is 2.64 bits per heavy atom. The van der Waals surface area contributed by atoms with Crippen LogP contribution in [0.4, 0.5) is 5.69 Å². The van der Waals surface area contributed by atoms with Gasteiger partial charge >= 0.3 is 0 Å². The lowest BCUT2D eigenvalue weighted by Crippen LogP contribution is -2.36. The largest absolute Gasteiger partial charge is 0.336 e. The molecule has 2 aliphatic rings. The third kappa shape index (κ3) is 3.05. The fourth-order valence-corrected chi connectivity index (χ4v) is 5.82. The van der Waals surface area contributed by atoms with Gasteiger partial charge in [0.25, 0.3) is 5.91 Å². The van der Waals surface area contributed by atoms with E-state index in [0.29, 0.717) is 5.56 Å². The average Bonchev–Trinajstić information content (AvgIpc) is 3.07. The second kappa shape index (κ2) is 6.12. The highest BCUT2D eigenvalue weighted by atomic mass is 32.2. The number of carbonyl (C=O) groups is 2. The van der Waals surface area contributed by atoms with Crippen LogP contribution >= 0.6 is 0 Å². The van der Waals surface area contributed by atoms with Gasteiger partial charge in [0.1, 0.15) is 0 Å². The van der Waals surface area contributed by atoms with Crippen LogP contribution in [0.25, 0.3) is 0 Å². The fraction of sp³-hybridized carbons (Fsp3) is 0.556. The van der Waals surface area contributed by atoms with Crippen molar-refractivity contribution in [2.75, 3.05) is 16.6 Å². The number of likely N-dealkylation sites (tertiary alicyclic amines) is 1. The highest BCUT2D eigenvalue weighted by Crippen LogP contribution is 2.36. The van der Waals surface area contributed by atoms with Crippen LogP contribution in [-0.2, 0) is 14.8 Å². The number of benzene rings is 1. The van der Waals surface area contributed by atoms with Crippen LogP contribution in [0.5, 0.6) is 0 Å². The summed E-state index contributed by atoms with van der Waals surface area (Å²) in [5, 5.41) is 0. The number of rotatable bonds is 3. The Labute approximate surface area is 148 Å². The molecule has 0 aliphatic carbocycles. The van der Waals surface area contributed by atoms with E-state index in [-0.39, 0.29) is 23.4 Å². The van der Waals surface area contributed by atoms with Crippen molar-refractivity contribution in [1.29, 1.82) is 0 Å². The number of hydrogen-bond acceptors (Lipinski definition) is 4. The van der Waals surface area contributed by atoms with Crippen LogP contribution in [0.3, 0.4) is 0 Å². The zero-order valence-electron chi connectivity index (χ0n) is 14.9. The minimum atomic E-state index is -3.71. The SMILES string of the molecule is CCC1CCCN1C(=O)c1cccc(N2C(=O)C(C)(C)CS2(=O)=O)c1. The molecule has 0 aromatic heterocycles. The van der Waals surface area contributed by atoms with Gasteiger partial charge < -0.3 is 4.90 Å². The zero-order valence-corrected chi connectivity index (χ0v) is 15.7. The summed E-state index contributed by atoms with van der Waals surface area (Å²) in [4.78, 5) is 27.2. The summed E-state index contributed by atoms with van der Waals surface area (Å²) in [6.45, 7) is 6.02. The summed E-state index contributed by atoms with van der Waals surface area (Å²) in [5.74, 6) is -0.777. The minimum absolute atomic E-state index is 0.102. The van der Waals surface area contributed by atoms with E-state index in [2.05, 4.69) is 6.92 Å². The molecule has 0 saturated carbocycles. The first-order valence-electron chi connectivity index (χ1n) is 8.66. The van der Waals surface area contributed by atoms with Crippen LogP contribution in [0.15, 0.2) is 24.3 Å². The van der Waals surface area contributed by atoms with Crippen molar-refractivity contribution in [2.45, 2.75) is 46.1 Å². The molecule has 1 aromatic carbocycles. The number of anilines is 1. The van der Waals surface area contributed by atoms with Gasteiger partial charge in [-0.05, 0) is 51.3 Å². The van der Waals surface area contributed by atoms with Gasteiger partial charge in [-0.25, -0.2) is 12.7 Å². The smallest absolute Gasteiger partial charge is 0.254 e. The monoisotopic (exact) mass is 364 g/mol. The van der Waals surface area contributed by atoms with Gasteiger partial charge in [-0.15, -0.1) is 0 Å². The van der Waals surface area contributed by atoms with Crippen molar-refractivity contribution in [3.63, 3.8) is 0 Å². The molecule has 3 rings (SSSR count). The molecule has 7 heteroatoms. The Bertz CT molecular complexity index is 816. The maximum absolute atomic E-state index is 12.8. The quantitative estimate of drug-likeness (QED) is 0.825. The molecular formula is C18H24N2O4S. The summed E-state index contributed by atoms with van der Waals surface area (Å²) < 4.78 is 25.7. The van der Waals surface area contributed by atoms with E-state index in [1.165, 1.54) is 6.07 Å². The Morgan fingerprint density at radius 1 is 1.32 bits per heavy atom. The molecule has 0 N–H and O–H groups in total. The molecule has 2 saturated heterocycles. The summed E-state index contributed by atoms with van der Waals surface area (Å²) in [6, 6.07) is 6.62. The third-order valence-electron chi connectivity index (χ3n) is 5.02. The Hall–Kier alpha value is -1.89. The lowest BCUT2D eigenvalue weighted by Gasteiger charge is -2.24. The number of amides is 2. The molecule has 2 fully saturated rings. The Morgan fingerprint density at radius 2 is 2.04 bits per heavy atom. The molecule has 1 aromatic rings. The van der Waals surface area contributed by atoms with E-state index >= 15 is 0 Å². The predicted molar refractivity (Wildman–Crippen MR) is 95.8 cm³/mol.